The van der Waals surface area contributed by atoms with Crippen LogP contribution in [-0.4, -0.2) is 30.3 Å². The highest BCUT2D eigenvalue weighted by atomic mass is 19.1. The summed E-state index contributed by atoms with van der Waals surface area (Å²) in [7, 11) is 0. The zero-order chi connectivity index (χ0) is 21.2. The van der Waals surface area contributed by atoms with Crippen LogP contribution in [0.4, 0.5) is 4.39 Å². The first kappa shape index (κ1) is 21.8. The van der Waals surface area contributed by atoms with Crippen LogP contribution in [0, 0.1) is 5.82 Å². The Hall–Kier alpha value is -3.48. The van der Waals surface area contributed by atoms with Crippen LogP contribution in [0.2, 0.25) is 0 Å². The van der Waals surface area contributed by atoms with Gasteiger partial charge < -0.3 is 16.4 Å². The minimum absolute atomic E-state index is 0.115. The summed E-state index contributed by atoms with van der Waals surface area (Å²) in [4.78, 5) is 35.9. The molecule has 0 fully saturated rings. The van der Waals surface area contributed by atoms with E-state index in [0.29, 0.717) is 18.5 Å². The molecule has 3 amide bonds. The van der Waals surface area contributed by atoms with E-state index in [0.717, 1.165) is 11.1 Å². The number of hydrogen-bond donors (Lipinski definition) is 3. The summed E-state index contributed by atoms with van der Waals surface area (Å²) in [5, 5.41) is 5.20. The molecule has 0 radical (unpaired) electrons. The molecular formula is C22H24FN3O3. The maximum Gasteiger partial charge on any atom is 0.243 e. The van der Waals surface area contributed by atoms with E-state index in [1.807, 2.05) is 24.3 Å². The number of carbonyl (C=O) groups excluding carboxylic acids is 3. The molecule has 4 N–H and O–H groups in total. The first-order chi connectivity index (χ1) is 13.9. The number of nitrogens with two attached hydrogens (primary N) is 1. The van der Waals surface area contributed by atoms with Crippen molar-refractivity contribution in [3.8, 4) is 0 Å². The average Bonchev–Trinajstić information content (AvgIpc) is 2.67. The predicted molar refractivity (Wildman–Crippen MR) is 109 cm³/mol. The second kappa shape index (κ2) is 10.8. The molecule has 0 saturated carbocycles. The molecule has 0 aliphatic heterocycles. The first-order valence-electron chi connectivity index (χ1n) is 9.18. The van der Waals surface area contributed by atoms with Crippen LogP contribution >= 0.6 is 0 Å². The summed E-state index contributed by atoms with van der Waals surface area (Å²) in [6.07, 6.45) is 1.89. The van der Waals surface area contributed by atoms with Crippen molar-refractivity contribution in [1.82, 2.24) is 10.6 Å². The van der Waals surface area contributed by atoms with Gasteiger partial charge in [-0.3, -0.25) is 14.4 Å². The fourth-order valence-electron chi connectivity index (χ4n) is 2.76. The van der Waals surface area contributed by atoms with E-state index in [4.69, 9.17) is 5.73 Å². The van der Waals surface area contributed by atoms with Crippen LogP contribution in [0.3, 0.4) is 0 Å². The highest BCUT2D eigenvalue weighted by Gasteiger charge is 2.22. The number of halogens is 1. The van der Waals surface area contributed by atoms with Crippen LogP contribution < -0.4 is 16.4 Å². The van der Waals surface area contributed by atoms with Gasteiger partial charge in [0.2, 0.25) is 17.7 Å². The number of nitrogens with one attached hydrogen (secondary N) is 2. The number of hydrogen-bond acceptors (Lipinski definition) is 3. The summed E-state index contributed by atoms with van der Waals surface area (Å²) in [5.41, 5.74) is 7.69. The number of benzene rings is 2. The second-order valence-electron chi connectivity index (χ2n) is 6.58. The highest BCUT2D eigenvalue weighted by molar-refractivity contribution is 5.92. The molecule has 2 aromatic carbocycles. The van der Waals surface area contributed by atoms with E-state index < -0.39 is 29.6 Å². The fraction of sp³-hybridized carbons (Fsp3) is 0.227. The van der Waals surface area contributed by atoms with Gasteiger partial charge in [0.05, 0.1) is 12.8 Å². The maximum absolute atomic E-state index is 13.2. The van der Waals surface area contributed by atoms with Crippen molar-refractivity contribution in [2.24, 2.45) is 5.73 Å². The van der Waals surface area contributed by atoms with Crippen molar-refractivity contribution in [1.29, 1.82) is 0 Å². The van der Waals surface area contributed by atoms with Crippen LogP contribution in [0.25, 0.3) is 6.08 Å². The van der Waals surface area contributed by atoms with Gasteiger partial charge in [0.25, 0.3) is 0 Å². The van der Waals surface area contributed by atoms with Crippen LogP contribution in [0.5, 0.6) is 0 Å². The second-order valence-corrected chi connectivity index (χ2v) is 6.58. The Morgan fingerprint density at radius 1 is 1.10 bits per heavy atom. The zero-order valence-electron chi connectivity index (χ0n) is 16.0. The molecule has 0 spiro atoms. The van der Waals surface area contributed by atoms with Gasteiger partial charge >= 0.3 is 0 Å². The summed E-state index contributed by atoms with van der Waals surface area (Å²) >= 11 is 0. The van der Waals surface area contributed by atoms with Gasteiger partial charge in [0, 0.05) is 6.54 Å². The van der Waals surface area contributed by atoms with E-state index in [9.17, 15) is 18.8 Å². The van der Waals surface area contributed by atoms with Crippen molar-refractivity contribution in [3.63, 3.8) is 0 Å². The summed E-state index contributed by atoms with van der Waals surface area (Å²) in [5.74, 6) is -2.17. The standard InChI is InChI=1S/C22H24FN3O3/c1-2-15-6-8-16(9-7-15)10-11-25-22(29)19(14-20(24)27)26-21(28)13-17-4-3-5-18(23)12-17/h2-9,12,19H,1,10-11,13-14H2,(H2,24,27)(H,25,29)(H,26,28). The average molecular weight is 397 g/mol. The highest BCUT2D eigenvalue weighted by Crippen LogP contribution is 2.06. The van der Waals surface area contributed by atoms with Crippen molar-refractivity contribution < 1.29 is 18.8 Å². The minimum atomic E-state index is -1.09. The molecule has 7 heteroatoms. The monoisotopic (exact) mass is 397 g/mol. The Labute approximate surface area is 169 Å². The maximum atomic E-state index is 13.2. The quantitative estimate of drug-likeness (QED) is 0.569. The number of primary amides is 1. The molecule has 1 atom stereocenters. The Balaban J connectivity index is 1.89. The molecule has 2 aromatic rings. The van der Waals surface area contributed by atoms with Crippen molar-refractivity contribution >= 4 is 23.8 Å². The first-order valence-corrected chi connectivity index (χ1v) is 9.18. The lowest BCUT2D eigenvalue weighted by molar-refractivity contribution is -0.130. The number of amides is 3. The van der Waals surface area contributed by atoms with E-state index in [2.05, 4.69) is 17.2 Å². The molecule has 152 valence electrons. The fourth-order valence-corrected chi connectivity index (χ4v) is 2.76. The molecule has 29 heavy (non-hydrogen) atoms. The van der Waals surface area contributed by atoms with Gasteiger partial charge in [0.15, 0.2) is 0 Å². The van der Waals surface area contributed by atoms with Crippen LogP contribution in [0.15, 0.2) is 55.1 Å². The van der Waals surface area contributed by atoms with Crippen LogP contribution in [0.1, 0.15) is 23.1 Å². The van der Waals surface area contributed by atoms with Crippen molar-refractivity contribution in [2.75, 3.05) is 6.54 Å². The summed E-state index contributed by atoms with van der Waals surface area (Å²) in [6.45, 7) is 4.03. The van der Waals surface area contributed by atoms with Gasteiger partial charge in [-0.2, -0.15) is 0 Å². The van der Waals surface area contributed by atoms with Gasteiger partial charge in [-0.25, -0.2) is 4.39 Å². The Bertz CT molecular complexity index is 881. The zero-order valence-corrected chi connectivity index (χ0v) is 16.0. The van der Waals surface area contributed by atoms with Gasteiger partial charge in [-0.1, -0.05) is 49.1 Å². The molecule has 6 nitrogen and oxygen atoms in total. The van der Waals surface area contributed by atoms with E-state index in [1.54, 1.807) is 12.1 Å². The third-order valence-corrected chi connectivity index (χ3v) is 4.24. The summed E-state index contributed by atoms with van der Waals surface area (Å²) in [6, 6.07) is 12.2. The lowest BCUT2D eigenvalue weighted by Gasteiger charge is -2.17. The molecule has 0 aliphatic carbocycles. The van der Waals surface area contributed by atoms with Gasteiger partial charge in [0.1, 0.15) is 11.9 Å². The summed E-state index contributed by atoms with van der Waals surface area (Å²) < 4.78 is 13.2. The minimum Gasteiger partial charge on any atom is -0.370 e. The van der Waals surface area contributed by atoms with Crippen LogP contribution in [-0.2, 0) is 27.2 Å². The Morgan fingerprint density at radius 3 is 2.45 bits per heavy atom. The van der Waals surface area contributed by atoms with Crippen molar-refractivity contribution in [2.45, 2.75) is 25.3 Å². The van der Waals surface area contributed by atoms with E-state index in [1.165, 1.54) is 18.2 Å². The van der Waals surface area contributed by atoms with E-state index in [-0.39, 0.29) is 12.8 Å². The normalized spacial score (nSPS) is 11.3. The van der Waals surface area contributed by atoms with E-state index >= 15 is 0 Å². The number of rotatable bonds is 10. The third-order valence-electron chi connectivity index (χ3n) is 4.24. The third kappa shape index (κ3) is 7.57. The molecule has 0 heterocycles. The lowest BCUT2D eigenvalue weighted by atomic mass is 10.1. The largest absolute Gasteiger partial charge is 0.370 e. The molecule has 0 aliphatic rings. The smallest absolute Gasteiger partial charge is 0.243 e. The Kier molecular flexibility index (Phi) is 8.09. The lowest BCUT2D eigenvalue weighted by Crippen LogP contribution is -2.49. The molecular weight excluding hydrogens is 373 g/mol. The number of carbonyl (C=O) groups is 3. The van der Waals surface area contributed by atoms with Gasteiger partial charge in [-0.05, 0) is 35.2 Å². The topological polar surface area (TPSA) is 101 Å². The molecule has 0 bridgehead atoms. The SMILES string of the molecule is C=Cc1ccc(CCNC(=O)C(CC(N)=O)NC(=O)Cc2cccc(F)c2)cc1. The molecule has 2 rings (SSSR count). The Morgan fingerprint density at radius 2 is 1.83 bits per heavy atom. The predicted octanol–water partition coefficient (Wildman–Crippen LogP) is 1.73. The molecule has 0 aromatic heterocycles. The van der Waals surface area contributed by atoms with Crippen molar-refractivity contribution in [3.05, 3.63) is 77.6 Å². The molecule has 0 saturated heterocycles. The molecule has 1 unspecified atom stereocenters. The van der Waals surface area contributed by atoms with Gasteiger partial charge in [-0.15, -0.1) is 0 Å².